The van der Waals surface area contributed by atoms with Crippen LogP contribution in [0.5, 0.6) is 0 Å². The van der Waals surface area contributed by atoms with Crippen LogP contribution < -0.4 is 0 Å². The van der Waals surface area contributed by atoms with E-state index in [2.05, 4.69) is 26.1 Å². The van der Waals surface area contributed by atoms with E-state index in [4.69, 9.17) is 11.6 Å². The highest BCUT2D eigenvalue weighted by Crippen LogP contribution is 2.21. The molecule has 2 rings (SSSR count). The van der Waals surface area contributed by atoms with Gasteiger partial charge in [-0.3, -0.25) is 4.79 Å². The fourth-order valence-corrected chi connectivity index (χ4v) is 2.97. The summed E-state index contributed by atoms with van der Waals surface area (Å²) in [5, 5.41) is 9.68. The van der Waals surface area contributed by atoms with Gasteiger partial charge in [0.1, 0.15) is 0 Å². The number of halogens is 2. The molecular weight excluding hydrogens is 338 g/mol. The molecular formula is C11H9BrClN3OS. The van der Waals surface area contributed by atoms with Crippen molar-refractivity contribution in [1.29, 1.82) is 0 Å². The van der Waals surface area contributed by atoms with Crippen LogP contribution in [0.15, 0.2) is 28.1 Å². The Hall–Kier alpha value is -0.980. The van der Waals surface area contributed by atoms with Crippen LogP contribution in [0.3, 0.4) is 0 Å². The quantitative estimate of drug-likeness (QED) is 0.857. The third kappa shape index (κ3) is 3.28. The minimum absolute atomic E-state index is 0.177. The average molecular weight is 347 g/mol. The van der Waals surface area contributed by atoms with Gasteiger partial charge in [0, 0.05) is 21.8 Å². The van der Waals surface area contributed by atoms with Crippen LogP contribution >= 0.6 is 38.9 Å². The maximum absolute atomic E-state index is 12.0. The number of aromatic nitrogens is 2. The number of thiophene rings is 1. The molecule has 0 N–H and O–H groups in total. The Bertz CT molecular complexity index is 558. The van der Waals surface area contributed by atoms with Crippen molar-refractivity contribution >= 4 is 44.8 Å². The zero-order valence-electron chi connectivity index (χ0n) is 9.43. The molecule has 0 atom stereocenters. The Morgan fingerprint density at radius 3 is 2.83 bits per heavy atom. The summed E-state index contributed by atoms with van der Waals surface area (Å²) in [4.78, 5) is 14.7. The van der Waals surface area contributed by atoms with Gasteiger partial charge in [-0.2, -0.15) is 0 Å². The van der Waals surface area contributed by atoms with Crippen molar-refractivity contribution in [3.05, 3.63) is 43.8 Å². The fourth-order valence-electron chi connectivity index (χ4n) is 1.37. The van der Waals surface area contributed by atoms with Crippen LogP contribution in [-0.2, 0) is 6.54 Å². The number of carbonyl (C=O) groups is 1. The van der Waals surface area contributed by atoms with E-state index >= 15 is 0 Å². The Morgan fingerprint density at radius 1 is 1.50 bits per heavy atom. The van der Waals surface area contributed by atoms with E-state index in [9.17, 15) is 4.79 Å². The molecule has 0 aromatic carbocycles. The van der Waals surface area contributed by atoms with Crippen molar-refractivity contribution in [2.75, 3.05) is 7.05 Å². The minimum Gasteiger partial charge on any atom is -0.335 e. The molecule has 1 amide bonds. The first-order valence-electron chi connectivity index (χ1n) is 5.04. The normalized spacial score (nSPS) is 10.4. The van der Waals surface area contributed by atoms with E-state index < -0.39 is 0 Å². The number of hydrogen-bond acceptors (Lipinski definition) is 4. The largest absolute Gasteiger partial charge is 0.335 e. The monoisotopic (exact) mass is 345 g/mol. The summed E-state index contributed by atoms with van der Waals surface area (Å²) in [7, 11) is 1.73. The lowest BCUT2D eigenvalue weighted by Crippen LogP contribution is -2.26. The second kappa shape index (κ2) is 5.77. The van der Waals surface area contributed by atoms with Crippen LogP contribution in [0.1, 0.15) is 15.4 Å². The minimum atomic E-state index is -0.177. The summed E-state index contributed by atoms with van der Waals surface area (Å²) >= 11 is 10.6. The molecule has 0 saturated heterocycles. The Balaban J connectivity index is 2.07. The van der Waals surface area contributed by atoms with E-state index in [-0.39, 0.29) is 16.8 Å². The highest BCUT2D eigenvalue weighted by molar-refractivity contribution is 9.10. The van der Waals surface area contributed by atoms with Crippen molar-refractivity contribution in [1.82, 2.24) is 15.1 Å². The van der Waals surface area contributed by atoms with Gasteiger partial charge in [0.2, 0.25) is 0 Å². The molecule has 0 aliphatic heterocycles. The number of amides is 1. The molecule has 2 aromatic heterocycles. The zero-order valence-corrected chi connectivity index (χ0v) is 12.6. The second-order valence-electron chi connectivity index (χ2n) is 3.63. The van der Waals surface area contributed by atoms with Gasteiger partial charge in [-0.15, -0.1) is 21.5 Å². The van der Waals surface area contributed by atoms with E-state index in [0.29, 0.717) is 6.54 Å². The molecule has 94 valence electrons. The van der Waals surface area contributed by atoms with E-state index in [1.54, 1.807) is 35.4 Å². The van der Waals surface area contributed by atoms with Crippen molar-refractivity contribution in [2.24, 2.45) is 0 Å². The van der Waals surface area contributed by atoms with Gasteiger partial charge in [-0.1, -0.05) is 11.6 Å². The van der Waals surface area contributed by atoms with Crippen molar-refractivity contribution < 1.29 is 4.79 Å². The molecule has 0 bridgehead atoms. The van der Waals surface area contributed by atoms with Crippen molar-refractivity contribution in [3.63, 3.8) is 0 Å². The van der Waals surface area contributed by atoms with Crippen LogP contribution in [-0.4, -0.2) is 28.1 Å². The average Bonchev–Trinajstić information content (AvgIpc) is 2.75. The molecule has 0 aliphatic rings. The maximum Gasteiger partial charge on any atom is 0.274 e. The molecule has 7 heteroatoms. The summed E-state index contributed by atoms with van der Waals surface area (Å²) in [6.45, 7) is 0.541. The van der Waals surface area contributed by atoms with Crippen molar-refractivity contribution in [3.8, 4) is 0 Å². The van der Waals surface area contributed by atoms with Gasteiger partial charge in [-0.05, 0) is 34.1 Å². The molecule has 4 nitrogen and oxygen atoms in total. The van der Waals surface area contributed by atoms with Crippen LogP contribution in [0.2, 0.25) is 5.15 Å². The molecule has 2 aromatic rings. The SMILES string of the molecule is CN(Cc1cc(Br)cs1)C(=O)c1ccc(Cl)nn1. The first-order chi connectivity index (χ1) is 8.56. The van der Waals surface area contributed by atoms with Crippen molar-refractivity contribution in [2.45, 2.75) is 6.54 Å². The lowest BCUT2D eigenvalue weighted by Gasteiger charge is -2.15. The summed E-state index contributed by atoms with van der Waals surface area (Å²) in [6.07, 6.45) is 0. The smallest absolute Gasteiger partial charge is 0.274 e. The maximum atomic E-state index is 12.0. The van der Waals surface area contributed by atoms with E-state index in [1.807, 2.05) is 11.4 Å². The Morgan fingerprint density at radius 2 is 2.28 bits per heavy atom. The lowest BCUT2D eigenvalue weighted by molar-refractivity contribution is 0.0779. The standard InChI is InChI=1S/C11H9BrClN3OS/c1-16(5-8-4-7(12)6-18-8)11(17)9-2-3-10(13)15-14-9/h2-4,6H,5H2,1H3. The Labute approximate surface area is 122 Å². The van der Waals surface area contributed by atoms with E-state index in [1.165, 1.54) is 0 Å². The lowest BCUT2D eigenvalue weighted by atomic mass is 10.3. The molecule has 18 heavy (non-hydrogen) atoms. The van der Waals surface area contributed by atoms with Gasteiger partial charge < -0.3 is 4.90 Å². The Kier molecular flexibility index (Phi) is 4.31. The predicted molar refractivity (Wildman–Crippen MR) is 74.9 cm³/mol. The van der Waals surface area contributed by atoms with Gasteiger partial charge in [0.25, 0.3) is 5.91 Å². The highest BCUT2D eigenvalue weighted by Gasteiger charge is 2.14. The van der Waals surface area contributed by atoms with Gasteiger partial charge >= 0.3 is 0 Å². The third-order valence-corrected chi connectivity index (χ3v) is 4.10. The molecule has 0 aliphatic carbocycles. The molecule has 2 heterocycles. The topological polar surface area (TPSA) is 46.1 Å². The van der Waals surface area contributed by atoms with Gasteiger partial charge in [0.05, 0.1) is 6.54 Å². The first kappa shape index (κ1) is 13.5. The third-order valence-electron chi connectivity index (χ3n) is 2.21. The van der Waals surface area contributed by atoms with Crippen LogP contribution in [0.25, 0.3) is 0 Å². The van der Waals surface area contributed by atoms with Gasteiger partial charge in [0.15, 0.2) is 10.8 Å². The molecule has 0 saturated carbocycles. The van der Waals surface area contributed by atoms with Crippen LogP contribution in [0, 0.1) is 0 Å². The second-order valence-corrected chi connectivity index (χ2v) is 5.93. The zero-order chi connectivity index (χ0) is 13.1. The molecule has 0 radical (unpaired) electrons. The number of rotatable bonds is 3. The van der Waals surface area contributed by atoms with Gasteiger partial charge in [-0.25, -0.2) is 0 Å². The highest BCUT2D eigenvalue weighted by atomic mass is 79.9. The molecule has 0 unspecified atom stereocenters. The number of hydrogen-bond donors (Lipinski definition) is 0. The summed E-state index contributed by atoms with van der Waals surface area (Å²) in [6, 6.07) is 5.11. The number of nitrogens with zero attached hydrogens (tertiary/aromatic N) is 3. The molecule has 0 fully saturated rings. The summed E-state index contributed by atoms with van der Waals surface area (Å²) < 4.78 is 1.02. The summed E-state index contributed by atoms with van der Waals surface area (Å²) in [5.41, 5.74) is 0.289. The molecule has 0 spiro atoms. The van der Waals surface area contributed by atoms with E-state index in [0.717, 1.165) is 9.35 Å². The number of carbonyl (C=O) groups excluding carboxylic acids is 1. The van der Waals surface area contributed by atoms with Crippen LogP contribution in [0.4, 0.5) is 0 Å². The predicted octanol–water partition coefficient (Wildman–Crippen LogP) is 3.23. The summed E-state index contributed by atoms with van der Waals surface area (Å²) in [5.74, 6) is -0.177. The fraction of sp³-hybridized carbons (Fsp3) is 0.182. The first-order valence-corrected chi connectivity index (χ1v) is 7.09.